The van der Waals surface area contributed by atoms with Crippen molar-refractivity contribution >= 4 is 40.2 Å². The SMILES string of the molecule is CCC(C)(O)CNc1nc(NCc2cc(Cl)ccc2N)c2ncn(C(C)C)c2n1. The highest BCUT2D eigenvalue weighted by Gasteiger charge is 2.20. The number of aromatic nitrogens is 4. The van der Waals surface area contributed by atoms with Gasteiger partial charge in [0.25, 0.3) is 0 Å². The average Bonchev–Trinajstić information content (AvgIpc) is 3.11. The van der Waals surface area contributed by atoms with Crippen LogP contribution in [-0.4, -0.2) is 36.8 Å². The number of fused-ring (bicyclic) bond motifs is 1. The van der Waals surface area contributed by atoms with Gasteiger partial charge in [-0.25, -0.2) is 4.98 Å². The minimum Gasteiger partial charge on any atom is -0.398 e. The molecule has 0 aliphatic rings. The van der Waals surface area contributed by atoms with Crippen molar-refractivity contribution in [3.63, 3.8) is 0 Å². The summed E-state index contributed by atoms with van der Waals surface area (Å²) in [5.41, 5.74) is 8.12. The molecule has 8 nitrogen and oxygen atoms in total. The van der Waals surface area contributed by atoms with Gasteiger partial charge in [0.2, 0.25) is 5.95 Å². The lowest BCUT2D eigenvalue weighted by Gasteiger charge is -2.21. The molecule has 0 radical (unpaired) electrons. The normalized spacial score (nSPS) is 13.6. The molecule has 0 spiro atoms. The van der Waals surface area contributed by atoms with Gasteiger partial charge in [0.05, 0.1) is 11.9 Å². The Kier molecular flexibility index (Phi) is 6.14. The number of imidazole rings is 1. The van der Waals surface area contributed by atoms with Crippen molar-refractivity contribution in [2.45, 2.75) is 52.3 Å². The van der Waals surface area contributed by atoms with Gasteiger partial charge in [0.1, 0.15) is 0 Å². The first-order valence-corrected chi connectivity index (χ1v) is 10.1. The molecule has 2 aromatic heterocycles. The van der Waals surface area contributed by atoms with Crippen LogP contribution >= 0.6 is 11.6 Å². The van der Waals surface area contributed by atoms with Crippen LogP contribution in [0.4, 0.5) is 17.5 Å². The Hall–Kier alpha value is -2.58. The fraction of sp³-hybridized carbons (Fsp3) is 0.450. The first kappa shape index (κ1) is 21.1. The summed E-state index contributed by atoms with van der Waals surface area (Å²) in [5.74, 6) is 1.02. The van der Waals surface area contributed by atoms with E-state index in [0.717, 1.165) is 11.2 Å². The van der Waals surface area contributed by atoms with E-state index >= 15 is 0 Å². The van der Waals surface area contributed by atoms with Crippen molar-refractivity contribution in [3.05, 3.63) is 35.1 Å². The van der Waals surface area contributed by atoms with E-state index in [1.54, 1.807) is 25.4 Å². The lowest BCUT2D eigenvalue weighted by atomic mass is 10.0. The maximum absolute atomic E-state index is 10.3. The van der Waals surface area contributed by atoms with Gasteiger partial charge in [-0.3, -0.25) is 0 Å². The van der Waals surface area contributed by atoms with Crippen LogP contribution in [0.2, 0.25) is 5.02 Å². The first-order chi connectivity index (χ1) is 13.7. The van der Waals surface area contributed by atoms with Crippen LogP contribution in [0, 0.1) is 0 Å². The number of rotatable bonds is 8. The number of hydrogen-bond donors (Lipinski definition) is 4. The first-order valence-electron chi connectivity index (χ1n) is 9.69. The zero-order valence-corrected chi connectivity index (χ0v) is 18.0. The summed E-state index contributed by atoms with van der Waals surface area (Å²) in [6.07, 6.45) is 2.38. The second-order valence-electron chi connectivity index (χ2n) is 7.71. The number of hydrogen-bond acceptors (Lipinski definition) is 7. The number of nitrogen functional groups attached to an aromatic ring is 1. The summed E-state index contributed by atoms with van der Waals surface area (Å²) < 4.78 is 1.99. The summed E-state index contributed by atoms with van der Waals surface area (Å²) in [4.78, 5) is 13.7. The Balaban J connectivity index is 1.94. The molecule has 1 atom stereocenters. The van der Waals surface area contributed by atoms with E-state index in [9.17, 15) is 5.11 Å². The topological polar surface area (TPSA) is 114 Å². The molecule has 0 saturated heterocycles. The molecule has 156 valence electrons. The van der Waals surface area contributed by atoms with Crippen LogP contribution in [0.25, 0.3) is 11.2 Å². The fourth-order valence-corrected chi connectivity index (χ4v) is 2.99. The zero-order valence-electron chi connectivity index (χ0n) is 17.2. The lowest BCUT2D eigenvalue weighted by Crippen LogP contribution is -2.33. The molecule has 5 N–H and O–H groups in total. The van der Waals surface area contributed by atoms with E-state index in [-0.39, 0.29) is 6.04 Å². The second-order valence-corrected chi connectivity index (χ2v) is 8.15. The van der Waals surface area contributed by atoms with E-state index in [2.05, 4.69) is 39.4 Å². The van der Waals surface area contributed by atoms with Crippen molar-refractivity contribution in [2.24, 2.45) is 0 Å². The number of halogens is 1. The molecule has 3 aromatic rings. The Labute approximate surface area is 175 Å². The zero-order chi connectivity index (χ0) is 21.2. The summed E-state index contributed by atoms with van der Waals surface area (Å²) >= 11 is 6.10. The molecule has 3 rings (SSSR count). The van der Waals surface area contributed by atoms with Crippen LogP contribution in [0.1, 0.15) is 45.7 Å². The van der Waals surface area contributed by atoms with Crippen LogP contribution in [0.3, 0.4) is 0 Å². The summed E-state index contributed by atoms with van der Waals surface area (Å²) in [6, 6.07) is 5.56. The Morgan fingerprint density at radius 3 is 2.72 bits per heavy atom. The summed E-state index contributed by atoms with van der Waals surface area (Å²) in [6.45, 7) is 8.63. The predicted molar refractivity (Wildman–Crippen MR) is 118 cm³/mol. The third-order valence-corrected chi connectivity index (χ3v) is 5.15. The number of anilines is 3. The standard InChI is InChI=1S/C20H28ClN7O/c1-5-20(4,29)10-24-19-26-17(16-18(27-19)28(11-25-16)12(2)3)23-9-13-8-14(21)6-7-15(13)22/h6-8,11-12,29H,5,9-10,22H2,1-4H3,(H2,23,24,26,27). The van der Waals surface area contributed by atoms with Crippen molar-refractivity contribution in [2.75, 3.05) is 22.9 Å². The van der Waals surface area contributed by atoms with Crippen LogP contribution in [-0.2, 0) is 6.54 Å². The Morgan fingerprint density at radius 2 is 2.03 bits per heavy atom. The van der Waals surface area contributed by atoms with Crippen LogP contribution < -0.4 is 16.4 Å². The minimum absolute atomic E-state index is 0.193. The van der Waals surface area contributed by atoms with Gasteiger partial charge in [0, 0.05) is 29.8 Å². The number of benzene rings is 1. The van der Waals surface area contributed by atoms with Crippen LogP contribution in [0.5, 0.6) is 0 Å². The largest absolute Gasteiger partial charge is 0.398 e. The van der Waals surface area contributed by atoms with E-state index in [1.165, 1.54) is 0 Å². The van der Waals surface area contributed by atoms with Gasteiger partial charge in [0.15, 0.2) is 17.0 Å². The highest BCUT2D eigenvalue weighted by atomic mass is 35.5. The second kappa shape index (κ2) is 8.42. The third kappa shape index (κ3) is 4.89. The van der Waals surface area contributed by atoms with Crippen molar-refractivity contribution in [1.29, 1.82) is 0 Å². The molecule has 1 aromatic carbocycles. The number of nitrogens with zero attached hydrogens (tertiary/aromatic N) is 4. The Morgan fingerprint density at radius 1 is 1.28 bits per heavy atom. The van der Waals surface area contributed by atoms with Gasteiger partial charge in [-0.05, 0) is 51.0 Å². The number of nitrogens with one attached hydrogen (secondary N) is 2. The highest BCUT2D eigenvalue weighted by Crippen LogP contribution is 2.25. The van der Waals surface area contributed by atoms with Gasteiger partial charge in [-0.15, -0.1) is 0 Å². The summed E-state index contributed by atoms with van der Waals surface area (Å²) in [7, 11) is 0. The fourth-order valence-electron chi connectivity index (χ4n) is 2.80. The molecular formula is C20H28ClN7O. The maximum Gasteiger partial charge on any atom is 0.226 e. The van der Waals surface area contributed by atoms with Crippen molar-refractivity contribution in [1.82, 2.24) is 19.5 Å². The van der Waals surface area contributed by atoms with Gasteiger partial charge < -0.3 is 26.0 Å². The van der Waals surface area contributed by atoms with Gasteiger partial charge in [-0.1, -0.05) is 18.5 Å². The predicted octanol–water partition coefficient (Wildman–Crippen LogP) is 3.83. The smallest absolute Gasteiger partial charge is 0.226 e. The molecule has 29 heavy (non-hydrogen) atoms. The average molecular weight is 418 g/mol. The molecule has 0 amide bonds. The summed E-state index contributed by atoms with van der Waals surface area (Å²) in [5, 5.41) is 17.4. The third-order valence-electron chi connectivity index (χ3n) is 4.92. The molecule has 0 bridgehead atoms. The quantitative estimate of drug-likeness (QED) is 0.412. The molecule has 9 heteroatoms. The van der Waals surface area contributed by atoms with Crippen LogP contribution in [0.15, 0.2) is 24.5 Å². The Bertz CT molecular complexity index is 1000. The molecular weight excluding hydrogens is 390 g/mol. The molecule has 0 aliphatic heterocycles. The number of nitrogens with two attached hydrogens (primary N) is 1. The maximum atomic E-state index is 10.3. The van der Waals surface area contributed by atoms with E-state index < -0.39 is 5.60 Å². The van der Waals surface area contributed by atoms with E-state index in [0.29, 0.717) is 47.5 Å². The molecule has 2 heterocycles. The monoisotopic (exact) mass is 417 g/mol. The van der Waals surface area contributed by atoms with Gasteiger partial charge in [-0.2, -0.15) is 9.97 Å². The number of aliphatic hydroxyl groups is 1. The van der Waals surface area contributed by atoms with Gasteiger partial charge >= 0.3 is 0 Å². The molecule has 0 saturated carbocycles. The molecule has 0 aliphatic carbocycles. The van der Waals surface area contributed by atoms with Crippen molar-refractivity contribution in [3.8, 4) is 0 Å². The lowest BCUT2D eigenvalue weighted by molar-refractivity contribution is 0.0695. The molecule has 0 fully saturated rings. The molecule has 1 unspecified atom stereocenters. The van der Waals surface area contributed by atoms with E-state index in [4.69, 9.17) is 17.3 Å². The van der Waals surface area contributed by atoms with E-state index in [1.807, 2.05) is 17.6 Å². The highest BCUT2D eigenvalue weighted by molar-refractivity contribution is 6.30. The minimum atomic E-state index is -0.848. The van der Waals surface area contributed by atoms with Crippen molar-refractivity contribution < 1.29 is 5.11 Å².